The lowest BCUT2D eigenvalue weighted by atomic mass is 9.77. The lowest BCUT2D eigenvalue weighted by Gasteiger charge is -2.28. The second-order valence-electron chi connectivity index (χ2n) is 6.96. The minimum absolute atomic E-state index is 0. The number of aliphatic hydroxyl groups is 1. The Kier molecular flexibility index (Phi) is 6.50. The number of hydrogen-bond acceptors (Lipinski definition) is 7. The minimum Gasteiger partial charge on any atom is -0.595 e. The predicted molar refractivity (Wildman–Crippen MR) is 106 cm³/mol. The van der Waals surface area contributed by atoms with Crippen molar-refractivity contribution in [1.82, 2.24) is 4.98 Å². The number of carbonyl (C=O) groups is 1. The molecular weight excluding hydrogens is 390 g/mol. The summed E-state index contributed by atoms with van der Waals surface area (Å²) in [5, 5.41) is 31.5. The average Bonchev–Trinajstić information content (AvgIpc) is 3.02. The molecule has 0 amide bonds. The molecule has 27 heavy (non-hydrogen) atoms. The van der Waals surface area contributed by atoms with Crippen LogP contribution >= 0.6 is 23.7 Å². The van der Waals surface area contributed by atoms with Gasteiger partial charge < -0.3 is 10.3 Å². The Labute approximate surface area is 166 Å². The quantitative estimate of drug-likeness (QED) is 0.528. The van der Waals surface area contributed by atoms with Crippen LogP contribution in [0.2, 0.25) is 0 Å². The highest BCUT2D eigenvalue weighted by molar-refractivity contribution is 7.13. The minimum atomic E-state index is -0.999. The van der Waals surface area contributed by atoms with Crippen LogP contribution in [-0.2, 0) is 4.79 Å². The molecule has 0 aliphatic heterocycles. The number of halogens is 1. The van der Waals surface area contributed by atoms with Crippen LogP contribution in [-0.4, -0.2) is 27.3 Å². The Bertz CT molecular complexity index is 906. The largest absolute Gasteiger partial charge is 0.595 e. The maximum atomic E-state index is 12.2. The van der Waals surface area contributed by atoms with Crippen molar-refractivity contribution < 1.29 is 20.3 Å². The molecule has 0 fully saturated rings. The average molecular weight is 410 g/mol. The van der Waals surface area contributed by atoms with Crippen LogP contribution in [0, 0.1) is 10.6 Å². The number of allylic oxidation sites excluding steroid dienone is 2. The molecule has 0 spiro atoms. The smallest absolute Gasteiger partial charge is 0.209 e. The van der Waals surface area contributed by atoms with Gasteiger partial charge in [-0.15, -0.1) is 23.7 Å². The molecule has 7 nitrogen and oxygen atoms in total. The zero-order chi connectivity index (χ0) is 18.9. The van der Waals surface area contributed by atoms with Gasteiger partial charge in [-0.05, 0) is 5.41 Å². The van der Waals surface area contributed by atoms with E-state index < -0.39 is 5.23 Å². The first-order chi connectivity index (χ1) is 12.2. The fourth-order valence-corrected chi connectivity index (χ4v) is 3.51. The highest BCUT2D eigenvalue weighted by Gasteiger charge is 2.32. The predicted octanol–water partition coefficient (Wildman–Crippen LogP) is 3.54. The lowest BCUT2D eigenvalue weighted by Crippen LogP contribution is -2.99. The van der Waals surface area contributed by atoms with Gasteiger partial charge in [0.15, 0.2) is 11.5 Å². The van der Waals surface area contributed by atoms with E-state index in [-0.39, 0.29) is 40.6 Å². The van der Waals surface area contributed by atoms with E-state index in [1.165, 1.54) is 23.6 Å². The highest BCUT2D eigenvalue weighted by Crippen LogP contribution is 2.35. The molecule has 1 aromatic heterocycles. The fraction of sp³-hybridized carbons (Fsp3) is 0.278. The summed E-state index contributed by atoms with van der Waals surface area (Å²) < 4.78 is 0. The molecule has 3 rings (SSSR count). The van der Waals surface area contributed by atoms with Crippen LogP contribution in [0.5, 0.6) is 0 Å². The van der Waals surface area contributed by atoms with E-state index in [9.17, 15) is 15.1 Å². The molecule has 2 aromatic rings. The second kappa shape index (κ2) is 8.28. The Morgan fingerprint density at radius 1 is 1.37 bits per heavy atom. The number of aliphatic imine (C=N–C) groups is 1. The SMILES string of the molecule is CC1(C)CC(=O)C(/C=N/c2nc(-c3cccc([NH+]([O-])O)c3)cs2)=C(O)C1.Cl. The molecule has 1 unspecified atom stereocenters. The van der Waals surface area contributed by atoms with Gasteiger partial charge in [0.1, 0.15) is 5.76 Å². The van der Waals surface area contributed by atoms with E-state index in [0.29, 0.717) is 29.2 Å². The first-order valence-electron chi connectivity index (χ1n) is 8.04. The molecule has 0 radical (unpaired) electrons. The number of nitrogens with one attached hydrogen (secondary N) is 1. The second-order valence-corrected chi connectivity index (χ2v) is 7.80. The van der Waals surface area contributed by atoms with Gasteiger partial charge >= 0.3 is 0 Å². The lowest BCUT2D eigenvalue weighted by molar-refractivity contribution is -0.991. The van der Waals surface area contributed by atoms with Gasteiger partial charge in [0.25, 0.3) is 0 Å². The zero-order valence-electron chi connectivity index (χ0n) is 14.8. The third-order valence-corrected chi connectivity index (χ3v) is 4.85. The van der Waals surface area contributed by atoms with Gasteiger partial charge in [-0.2, -0.15) is 5.23 Å². The van der Waals surface area contributed by atoms with Gasteiger partial charge in [-0.3, -0.25) is 4.79 Å². The molecule has 1 atom stereocenters. The van der Waals surface area contributed by atoms with E-state index in [4.69, 9.17) is 5.21 Å². The Morgan fingerprint density at radius 2 is 2.11 bits per heavy atom. The fourth-order valence-electron chi connectivity index (χ4n) is 2.84. The summed E-state index contributed by atoms with van der Waals surface area (Å²) in [4.78, 5) is 20.8. The standard InChI is InChI=1S/C18H19N3O4S.ClH/c1-18(2)7-15(22)13(16(23)8-18)9-19-17-20-14(10-26-17)11-4-3-5-12(6-11)21(24)25;/h3-6,9-10,21-22,24H,7-8H2,1-2H3;1H/b19-9+;. The summed E-state index contributed by atoms with van der Waals surface area (Å²) in [6.45, 7) is 3.88. The van der Waals surface area contributed by atoms with Gasteiger partial charge in [-0.25, -0.2) is 15.2 Å². The number of nitrogens with zero attached hydrogens (tertiary/aromatic N) is 2. The van der Waals surface area contributed by atoms with Crippen LogP contribution in [0.15, 0.2) is 46.0 Å². The molecular formula is C18H20ClN3O4S. The molecule has 0 saturated heterocycles. The summed E-state index contributed by atoms with van der Waals surface area (Å²) in [5.74, 6) is -0.0747. The van der Waals surface area contributed by atoms with Crippen LogP contribution in [0.1, 0.15) is 26.7 Å². The van der Waals surface area contributed by atoms with Crippen molar-refractivity contribution >= 4 is 46.6 Å². The monoisotopic (exact) mass is 409 g/mol. The number of carbonyl (C=O) groups excluding carboxylic acids is 1. The maximum Gasteiger partial charge on any atom is 0.209 e. The molecule has 0 bridgehead atoms. The highest BCUT2D eigenvalue weighted by atomic mass is 35.5. The van der Waals surface area contributed by atoms with Gasteiger partial charge in [-0.1, -0.05) is 26.0 Å². The van der Waals surface area contributed by atoms with E-state index >= 15 is 0 Å². The number of rotatable bonds is 4. The third kappa shape index (κ3) is 5.00. The molecule has 1 aliphatic rings. The Balaban J connectivity index is 0.00000261. The van der Waals surface area contributed by atoms with Gasteiger partial charge in [0.05, 0.1) is 11.3 Å². The van der Waals surface area contributed by atoms with Crippen molar-refractivity contribution in [3.63, 3.8) is 0 Å². The molecule has 1 heterocycles. The van der Waals surface area contributed by atoms with Crippen LogP contribution < -0.4 is 5.23 Å². The van der Waals surface area contributed by atoms with Crippen molar-refractivity contribution in [2.24, 2.45) is 10.4 Å². The van der Waals surface area contributed by atoms with E-state index in [1.54, 1.807) is 23.6 Å². The number of quaternary nitrogens is 1. The number of Topliss-reactive ketones (excluding diaryl/α,β-unsaturated/α-hetero) is 1. The van der Waals surface area contributed by atoms with E-state index in [0.717, 1.165) is 0 Å². The van der Waals surface area contributed by atoms with Crippen molar-refractivity contribution in [1.29, 1.82) is 0 Å². The van der Waals surface area contributed by atoms with Crippen molar-refractivity contribution in [3.8, 4) is 11.3 Å². The molecule has 3 N–H and O–H groups in total. The summed E-state index contributed by atoms with van der Waals surface area (Å²) in [6, 6.07) is 6.50. The number of hydrogen-bond donors (Lipinski definition) is 3. The number of aromatic nitrogens is 1. The van der Waals surface area contributed by atoms with Gasteiger partial charge in [0, 0.05) is 42.1 Å². The number of thiazole rings is 1. The molecule has 1 aliphatic carbocycles. The van der Waals surface area contributed by atoms with Crippen molar-refractivity contribution in [2.75, 3.05) is 0 Å². The first kappa shape index (κ1) is 21.2. The summed E-state index contributed by atoms with van der Waals surface area (Å²) in [7, 11) is 0. The summed E-state index contributed by atoms with van der Waals surface area (Å²) in [5.41, 5.74) is 1.46. The molecule has 9 heteroatoms. The Hall–Kier alpha value is -2.10. The maximum absolute atomic E-state index is 12.2. The zero-order valence-corrected chi connectivity index (χ0v) is 16.4. The van der Waals surface area contributed by atoms with Crippen LogP contribution in [0.25, 0.3) is 11.3 Å². The topological polar surface area (TPSA) is 110 Å². The van der Waals surface area contributed by atoms with Gasteiger partial charge in [0.2, 0.25) is 5.13 Å². The number of ketones is 1. The molecule has 144 valence electrons. The van der Waals surface area contributed by atoms with Crippen molar-refractivity contribution in [2.45, 2.75) is 26.7 Å². The number of aliphatic hydroxyl groups excluding tert-OH is 1. The van der Waals surface area contributed by atoms with Crippen molar-refractivity contribution in [3.05, 3.63) is 46.2 Å². The van der Waals surface area contributed by atoms with E-state index in [1.807, 2.05) is 13.8 Å². The third-order valence-electron chi connectivity index (χ3n) is 4.10. The van der Waals surface area contributed by atoms with Crippen LogP contribution in [0.4, 0.5) is 10.8 Å². The summed E-state index contributed by atoms with van der Waals surface area (Å²) >= 11 is 1.28. The first-order valence-corrected chi connectivity index (χ1v) is 8.92. The summed E-state index contributed by atoms with van der Waals surface area (Å²) in [6.07, 6.45) is 2.16. The molecule has 1 aromatic carbocycles. The number of benzene rings is 1. The van der Waals surface area contributed by atoms with E-state index in [2.05, 4.69) is 9.98 Å². The van der Waals surface area contributed by atoms with Crippen LogP contribution in [0.3, 0.4) is 0 Å². The Morgan fingerprint density at radius 3 is 2.78 bits per heavy atom. The normalized spacial score (nSPS) is 17.9. The molecule has 0 saturated carbocycles.